The molecule has 0 heterocycles. The summed E-state index contributed by atoms with van der Waals surface area (Å²) in [5, 5.41) is 12.5. The summed E-state index contributed by atoms with van der Waals surface area (Å²) >= 11 is 0. The summed E-state index contributed by atoms with van der Waals surface area (Å²) in [6, 6.07) is 11.2. The molecule has 2 N–H and O–H groups in total. The summed E-state index contributed by atoms with van der Waals surface area (Å²) in [7, 11) is 0. The Morgan fingerprint density at radius 1 is 1.12 bits per heavy atom. The lowest BCUT2D eigenvalue weighted by atomic mass is 9.95. The van der Waals surface area contributed by atoms with Gasteiger partial charge in [-0.3, -0.25) is 0 Å². The Balaban J connectivity index is 2.69. The van der Waals surface area contributed by atoms with Gasteiger partial charge in [-0.2, -0.15) is 0 Å². The third-order valence-electron chi connectivity index (χ3n) is 2.85. The van der Waals surface area contributed by atoms with Crippen molar-refractivity contribution in [3.63, 3.8) is 0 Å². The van der Waals surface area contributed by atoms with Crippen molar-refractivity contribution in [2.75, 3.05) is 6.61 Å². The van der Waals surface area contributed by atoms with E-state index in [2.05, 4.69) is 50.4 Å². The van der Waals surface area contributed by atoms with E-state index in [0.29, 0.717) is 18.0 Å². The van der Waals surface area contributed by atoms with Crippen LogP contribution >= 0.6 is 0 Å². The van der Waals surface area contributed by atoms with Crippen LogP contribution < -0.4 is 5.32 Å². The molecule has 1 aromatic carbocycles. The van der Waals surface area contributed by atoms with Gasteiger partial charge < -0.3 is 10.4 Å². The highest BCUT2D eigenvalue weighted by molar-refractivity contribution is 5.19. The number of hydrogen-bond donors (Lipinski definition) is 2. The van der Waals surface area contributed by atoms with Crippen molar-refractivity contribution in [3.8, 4) is 0 Å². The van der Waals surface area contributed by atoms with E-state index in [-0.39, 0.29) is 6.61 Å². The molecule has 0 saturated heterocycles. The maximum absolute atomic E-state index is 8.92. The number of aliphatic hydroxyl groups is 1. The molecule has 0 aromatic heterocycles. The third kappa shape index (κ3) is 3.95. The molecule has 0 radical (unpaired) electrons. The van der Waals surface area contributed by atoms with E-state index in [1.165, 1.54) is 5.56 Å². The van der Waals surface area contributed by atoms with Gasteiger partial charge >= 0.3 is 0 Å². The Morgan fingerprint density at radius 2 is 1.75 bits per heavy atom. The fourth-order valence-corrected chi connectivity index (χ4v) is 1.92. The van der Waals surface area contributed by atoms with Gasteiger partial charge in [-0.05, 0) is 24.8 Å². The van der Waals surface area contributed by atoms with E-state index in [9.17, 15) is 0 Å². The Bertz CT molecular complexity index is 284. The molecule has 0 bridgehead atoms. The van der Waals surface area contributed by atoms with Crippen molar-refractivity contribution in [1.82, 2.24) is 5.32 Å². The standard InChI is InChI=1S/C14H23NO/c1-11(2)14(15-12(3)9-10-16)13-7-5-4-6-8-13/h4-8,11-12,14-16H,9-10H2,1-3H3. The number of aliphatic hydroxyl groups excluding tert-OH is 1. The zero-order valence-corrected chi connectivity index (χ0v) is 10.5. The average Bonchev–Trinajstić information content (AvgIpc) is 2.27. The monoisotopic (exact) mass is 221 g/mol. The normalized spacial score (nSPS) is 15.1. The Hall–Kier alpha value is -0.860. The lowest BCUT2D eigenvalue weighted by molar-refractivity contribution is 0.255. The van der Waals surface area contributed by atoms with Crippen LogP contribution in [0.25, 0.3) is 0 Å². The van der Waals surface area contributed by atoms with E-state index in [1.807, 2.05) is 6.07 Å². The predicted octanol–water partition coefficient (Wildman–Crippen LogP) is 2.74. The molecule has 0 aliphatic heterocycles. The van der Waals surface area contributed by atoms with Gasteiger partial charge in [-0.25, -0.2) is 0 Å². The minimum atomic E-state index is 0.244. The highest BCUT2D eigenvalue weighted by Crippen LogP contribution is 2.22. The van der Waals surface area contributed by atoms with E-state index in [4.69, 9.17) is 5.11 Å². The Labute approximate surface area is 98.7 Å². The zero-order chi connectivity index (χ0) is 12.0. The highest BCUT2D eigenvalue weighted by atomic mass is 16.3. The molecular weight excluding hydrogens is 198 g/mol. The van der Waals surface area contributed by atoms with Crippen LogP contribution in [0.1, 0.15) is 38.8 Å². The van der Waals surface area contributed by atoms with Crippen molar-refractivity contribution < 1.29 is 5.11 Å². The molecule has 1 aromatic rings. The first kappa shape index (κ1) is 13.2. The molecule has 2 nitrogen and oxygen atoms in total. The lowest BCUT2D eigenvalue weighted by Gasteiger charge is -2.26. The molecule has 0 fully saturated rings. The average molecular weight is 221 g/mol. The number of rotatable bonds is 6. The summed E-state index contributed by atoms with van der Waals surface area (Å²) in [5.41, 5.74) is 1.32. The Morgan fingerprint density at radius 3 is 2.25 bits per heavy atom. The molecule has 0 aliphatic carbocycles. The number of benzene rings is 1. The minimum Gasteiger partial charge on any atom is -0.396 e. The zero-order valence-electron chi connectivity index (χ0n) is 10.5. The second-order valence-corrected chi connectivity index (χ2v) is 4.71. The molecule has 2 atom stereocenters. The largest absolute Gasteiger partial charge is 0.396 e. The first-order valence-corrected chi connectivity index (χ1v) is 6.07. The number of hydrogen-bond acceptors (Lipinski definition) is 2. The molecule has 0 amide bonds. The van der Waals surface area contributed by atoms with Gasteiger partial charge in [0.05, 0.1) is 0 Å². The summed E-state index contributed by atoms with van der Waals surface area (Å²) in [4.78, 5) is 0. The van der Waals surface area contributed by atoms with Crippen LogP contribution in [-0.4, -0.2) is 17.8 Å². The van der Waals surface area contributed by atoms with Crippen LogP contribution in [0.5, 0.6) is 0 Å². The minimum absolute atomic E-state index is 0.244. The van der Waals surface area contributed by atoms with E-state index < -0.39 is 0 Å². The molecule has 0 spiro atoms. The van der Waals surface area contributed by atoms with Gasteiger partial charge in [0, 0.05) is 18.7 Å². The fraction of sp³-hybridized carbons (Fsp3) is 0.571. The second-order valence-electron chi connectivity index (χ2n) is 4.71. The van der Waals surface area contributed by atoms with Crippen molar-refractivity contribution in [3.05, 3.63) is 35.9 Å². The maximum atomic E-state index is 8.92. The van der Waals surface area contributed by atoms with Crippen LogP contribution in [0.15, 0.2) is 30.3 Å². The molecule has 2 heteroatoms. The lowest BCUT2D eigenvalue weighted by Crippen LogP contribution is -2.34. The van der Waals surface area contributed by atoms with Gasteiger partial charge in [0.1, 0.15) is 0 Å². The second kappa shape index (κ2) is 6.66. The van der Waals surface area contributed by atoms with E-state index in [0.717, 1.165) is 6.42 Å². The summed E-state index contributed by atoms with van der Waals surface area (Å²) in [5.74, 6) is 0.545. The van der Waals surface area contributed by atoms with Gasteiger partial charge in [0.25, 0.3) is 0 Å². The first-order valence-electron chi connectivity index (χ1n) is 6.07. The maximum Gasteiger partial charge on any atom is 0.0445 e. The third-order valence-corrected chi connectivity index (χ3v) is 2.85. The molecule has 90 valence electrons. The summed E-state index contributed by atoms with van der Waals surface area (Å²) in [6.45, 7) is 6.80. The van der Waals surface area contributed by atoms with Crippen molar-refractivity contribution in [1.29, 1.82) is 0 Å². The van der Waals surface area contributed by atoms with Crippen molar-refractivity contribution >= 4 is 0 Å². The van der Waals surface area contributed by atoms with Gasteiger partial charge in [-0.1, -0.05) is 44.2 Å². The van der Waals surface area contributed by atoms with Crippen LogP contribution in [-0.2, 0) is 0 Å². The molecule has 16 heavy (non-hydrogen) atoms. The quantitative estimate of drug-likeness (QED) is 0.774. The van der Waals surface area contributed by atoms with Crippen LogP contribution in [0.4, 0.5) is 0 Å². The summed E-state index contributed by atoms with van der Waals surface area (Å²) < 4.78 is 0. The van der Waals surface area contributed by atoms with Crippen LogP contribution in [0.2, 0.25) is 0 Å². The van der Waals surface area contributed by atoms with E-state index in [1.54, 1.807) is 0 Å². The first-order chi connectivity index (χ1) is 7.65. The fourth-order valence-electron chi connectivity index (χ4n) is 1.92. The molecule has 1 rings (SSSR count). The molecule has 2 unspecified atom stereocenters. The number of nitrogens with one attached hydrogen (secondary N) is 1. The van der Waals surface area contributed by atoms with Crippen LogP contribution in [0, 0.1) is 5.92 Å². The highest BCUT2D eigenvalue weighted by Gasteiger charge is 2.17. The van der Waals surface area contributed by atoms with Gasteiger partial charge in [0.2, 0.25) is 0 Å². The molecule has 0 saturated carbocycles. The van der Waals surface area contributed by atoms with Gasteiger partial charge in [0.15, 0.2) is 0 Å². The summed E-state index contributed by atoms with van der Waals surface area (Å²) in [6.07, 6.45) is 0.802. The Kier molecular flexibility index (Phi) is 5.50. The van der Waals surface area contributed by atoms with Crippen LogP contribution in [0.3, 0.4) is 0 Å². The van der Waals surface area contributed by atoms with E-state index >= 15 is 0 Å². The predicted molar refractivity (Wildman–Crippen MR) is 68.3 cm³/mol. The topological polar surface area (TPSA) is 32.3 Å². The SMILES string of the molecule is CC(CCO)NC(c1ccccc1)C(C)C. The van der Waals surface area contributed by atoms with Gasteiger partial charge in [-0.15, -0.1) is 0 Å². The smallest absolute Gasteiger partial charge is 0.0445 e. The molecular formula is C14H23NO. The van der Waals surface area contributed by atoms with Crippen molar-refractivity contribution in [2.45, 2.75) is 39.3 Å². The molecule has 0 aliphatic rings. The van der Waals surface area contributed by atoms with Crippen molar-refractivity contribution in [2.24, 2.45) is 5.92 Å².